The molecule has 2 aromatic carbocycles. The van der Waals surface area contributed by atoms with E-state index in [2.05, 4.69) is 21.2 Å². The number of carbonyl (C=O) groups excluding carboxylic acids is 2. The summed E-state index contributed by atoms with van der Waals surface area (Å²) in [5.41, 5.74) is 2.10. The number of nitrogens with one attached hydrogen (secondary N) is 1. The molecule has 2 rings (SSSR count). The Morgan fingerprint density at radius 2 is 1.72 bits per heavy atom. The zero-order valence-corrected chi connectivity index (χ0v) is 19.8. The standard InChI is InChI=1S/C22H26BrClN2O2S/c1-3-12-25-22(28)16(2)26(13-17-4-8-19(23)9-5-17)21(27)15-29-14-18-6-10-20(24)11-7-18/h4-11,16H,3,12-15H2,1-2H3,(H,25,28). The van der Waals surface area contributed by atoms with Gasteiger partial charge in [-0.15, -0.1) is 11.8 Å². The first-order valence-electron chi connectivity index (χ1n) is 9.54. The first kappa shape index (κ1) is 23.8. The van der Waals surface area contributed by atoms with E-state index >= 15 is 0 Å². The molecule has 0 aliphatic carbocycles. The van der Waals surface area contributed by atoms with Crippen LogP contribution in [0.2, 0.25) is 5.02 Å². The lowest BCUT2D eigenvalue weighted by atomic mass is 10.1. The Kier molecular flexibility index (Phi) is 10.0. The summed E-state index contributed by atoms with van der Waals surface area (Å²) in [5, 5.41) is 3.59. The number of hydrogen-bond donors (Lipinski definition) is 1. The van der Waals surface area contributed by atoms with Gasteiger partial charge in [0.05, 0.1) is 5.75 Å². The Labute approximate surface area is 190 Å². The third-order valence-corrected chi connectivity index (χ3v) is 6.16. The molecule has 7 heteroatoms. The number of benzene rings is 2. The fraction of sp³-hybridized carbons (Fsp3) is 0.364. The number of halogens is 2. The lowest BCUT2D eigenvalue weighted by molar-refractivity contribution is -0.138. The minimum Gasteiger partial charge on any atom is -0.354 e. The molecule has 0 aromatic heterocycles. The topological polar surface area (TPSA) is 49.4 Å². The molecule has 0 heterocycles. The molecule has 2 aromatic rings. The van der Waals surface area contributed by atoms with Crippen LogP contribution in [0.15, 0.2) is 53.0 Å². The van der Waals surface area contributed by atoms with Crippen molar-refractivity contribution in [2.75, 3.05) is 12.3 Å². The monoisotopic (exact) mass is 496 g/mol. The SMILES string of the molecule is CCCNC(=O)C(C)N(Cc1ccc(Br)cc1)C(=O)CSCc1ccc(Cl)cc1. The van der Waals surface area contributed by atoms with Crippen LogP contribution in [0.1, 0.15) is 31.4 Å². The molecule has 1 unspecified atom stereocenters. The second-order valence-electron chi connectivity index (χ2n) is 6.73. The molecule has 0 spiro atoms. The number of amides is 2. The van der Waals surface area contributed by atoms with Gasteiger partial charge in [-0.25, -0.2) is 0 Å². The quantitative estimate of drug-likeness (QED) is 0.486. The summed E-state index contributed by atoms with van der Waals surface area (Å²) in [5.74, 6) is 0.849. The summed E-state index contributed by atoms with van der Waals surface area (Å²) in [6, 6.07) is 14.9. The molecule has 156 valence electrons. The van der Waals surface area contributed by atoms with Crippen molar-refractivity contribution in [2.45, 2.75) is 38.6 Å². The summed E-state index contributed by atoms with van der Waals surface area (Å²) in [4.78, 5) is 27.1. The van der Waals surface area contributed by atoms with Gasteiger partial charge in [-0.2, -0.15) is 0 Å². The summed E-state index contributed by atoms with van der Waals surface area (Å²) >= 11 is 10.9. The van der Waals surface area contributed by atoms with E-state index in [9.17, 15) is 9.59 Å². The van der Waals surface area contributed by atoms with Gasteiger partial charge >= 0.3 is 0 Å². The Balaban J connectivity index is 2.03. The van der Waals surface area contributed by atoms with E-state index in [1.54, 1.807) is 11.8 Å². The van der Waals surface area contributed by atoms with E-state index in [0.29, 0.717) is 29.6 Å². The summed E-state index contributed by atoms with van der Waals surface area (Å²) in [6.07, 6.45) is 0.857. The van der Waals surface area contributed by atoms with E-state index in [-0.39, 0.29) is 11.8 Å². The van der Waals surface area contributed by atoms with E-state index < -0.39 is 6.04 Å². The van der Waals surface area contributed by atoms with Gasteiger partial charge in [0, 0.05) is 28.3 Å². The second-order valence-corrected chi connectivity index (χ2v) is 9.07. The Morgan fingerprint density at radius 3 is 2.34 bits per heavy atom. The van der Waals surface area contributed by atoms with Gasteiger partial charge < -0.3 is 10.2 Å². The largest absolute Gasteiger partial charge is 0.354 e. The minimum atomic E-state index is -0.533. The van der Waals surface area contributed by atoms with E-state index in [1.807, 2.05) is 55.5 Å². The number of hydrogen-bond acceptors (Lipinski definition) is 3. The van der Waals surface area contributed by atoms with Crippen molar-refractivity contribution in [3.63, 3.8) is 0 Å². The molecule has 0 saturated heterocycles. The maximum Gasteiger partial charge on any atom is 0.242 e. The lowest BCUT2D eigenvalue weighted by Crippen LogP contribution is -2.48. The van der Waals surface area contributed by atoms with Crippen molar-refractivity contribution in [2.24, 2.45) is 0 Å². The number of carbonyl (C=O) groups is 2. The molecule has 0 aliphatic rings. The normalized spacial score (nSPS) is 11.7. The fourth-order valence-electron chi connectivity index (χ4n) is 2.68. The van der Waals surface area contributed by atoms with Gasteiger partial charge in [0.2, 0.25) is 11.8 Å². The van der Waals surface area contributed by atoms with Gasteiger partial charge in [-0.05, 0) is 48.7 Å². The summed E-state index contributed by atoms with van der Waals surface area (Å²) in [7, 11) is 0. The fourth-order valence-corrected chi connectivity index (χ4v) is 3.95. The number of rotatable bonds is 10. The predicted molar refractivity (Wildman–Crippen MR) is 125 cm³/mol. The number of thioether (sulfide) groups is 1. The molecule has 0 fully saturated rings. The molecular weight excluding hydrogens is 472 g/mol. The first-order valence-corrected chi connectivity index (χ1v) is 11.9. The highest BCUT2D eigenvalue weighted by atomic mass is 79.9. The van der Waals surface area contributed by atoms with Gasteiger partial charge in [0.1, 0.15) is 6.04 Å². The zero-order chi connectivity index (χ0) is 21.2. The van der Waals surface area contributed by atoms with Crippen LogP contribution in [0.4, 0.5) is 0 Å². The molecule has 0 aliphatic heterocycles. The number of nitrogens with zero attached hydrogens (tertiary/aromatic N) is 1. The highest BCUT2D eigenvalue weighted by molar-refractivity contribution is 9.10. The van der Waals surface area contributed by atoms with E-state index in [1.165, 1.54) is 11.8 Å². The van der Waals surface area contributed by atoms with Crippen molar-refractivity contribution < 1.29 is 9.59 Å². The lowest BCUT2D eigenvalue weighted by Gasteiger charge is -2.28. The predicted octanol–water partition coefficient (Wildman–Crippen LogP) is 5.28. The molecule has 2 amide bonds. The van der Waals surface area contributed by atoms with Crippen LogP contribution < -0.4 is 5.32 Å². The van der Waals surface area contributed by atoms with Crippen LogP contribution in [-0.4, -0.2) is 35.1 Å². The Bertz CT molecular complexity index is 799. The van der Waals surface area contributed by atoms with Crippen LogP contribution in [-0.2, 0) is 21.9 Å². The Hall–Kier alpha value is -1.50. The van der Waals surface area contributed by atoms with Gasteiger partial charge in [0.25, 0.3) is 0 Å². The van der Waals surface area contributed by atoms with Crippen LogP contribution in [0, 0.1) is 0 Å². The van der Waals surface area contributed by atoms with Crippen molar-refractivity contribution in [1.82, 2.24) is 10.2 Å². The molecule has 4 nitrogen and oxygen atoms in total. The summed E-state index contributed by atoms with van der Waals surface area (Å²) in [6.45, 7) is 4.79. The van der Waals surface area contributed by atoms with Crippen LogP contribution in [0.5, 0.6) is 0 Å². The van der Waals surface area contributed by atoms with Crippen LogP contribution >= 0.6 is 39.3 Å². The first-order chi connectivity index (χ1) is 13.9. The Morgan fingerprint density at radius 1 is 1.10 bits per heavy atom. The summed E-state index contributed by atoms with van der Waals surface area (Å²) < 4.78 is 0.978. The van der Waals surface area contributed by atoms with Crippen molar-refractivity contribution in [1.29, 1.82) is 0 Å². The maximum atomic E-state index is 13.0. The van der Waals surface area contributed by atoms with Gasteiger partial charge in [-0.3, -0.25) is 9.59 Å². The second kappa shape index (κ2) is 12.3. The minimum absolute atomic E-state index is 0.0500. The van der Waals surface area contributed by atoms with Crippen LogP contribution in [0.3, 0.4) is 0 Å². The van der Waals surface area contributed by atoms with E-state index in [0.717, 1.165) is 22.0 Å². The molecular formula is C22H26BrClN2O2S. The van der Waals surface area contributed by atoms with E-state index in [4.69, 9.17) is 11.6 Å². The molecule has 1 N–H and O–H groups in total. The smallest absolute Gasteiger partial charge is 0.242 e. The maximum absolute atomic E-state index is 13.0. The van der Waals surface area contributed by atoms with Crippen LogP contribution in [0.25, 0.3) is 0 Å². The third-order valence-electron chi connectivity index (χ3n) is 4.39. The molecule has 29 heavy (non-hydrogen) atoms. The highest BCUT2D eigenvalue weighted by Gasteiger charge is 2.25. The molecule has 0 radical (unpaired) electrons. The van der Waals surface area contributed by atoms with Gasteiger partial charge in [0.15, 0.2) is 0 Å². The molecule has 0 saturated carbocycles. The molecule has 1 atom stereocenters. The highest BCUT2D eigenvalue weighted by Crippen LogP contribution is 2.18. The van der Waals surface area contributed by atoms with Crippen molar-refractivity contribution in [3.05, 3.63) is 69.2 Å². The zero-order valence-electron chi connectivity index (χ0n) is 16.7. The van der Waals surface area contributed by atoms with Gasteiger partial charge in [-0.1, -0.05) is 58.7 Å². The third kappa shape index (κ3) is 8.03. The van der Waals surface area contributed by atoms with Crippen molar-refractivity contribution >= 4 is 51.1 Å². The van der Waals surface area contributed by atoms with Crippen molar-refractivity contribution in [3.8, 4) is 0 Å². The molecule has 0 bridgehead atoms. The average Bonchev–Trinajstić information content (AvgIpc) is 2.72. The average molecular weight is 498 g/mol.